The minimum atomic E-state index is -0.414. The number of hydrogen-bond acceptors (Lipinski definition) is 3. The van der Waals surface area contributed by atoms with Crippen LogP contribution < -0.4 is 11.1 Å². The summed E-state index contributed by atoms with van der Waals surface area (Å²) in [5, 5.41) is 2.98. The predicted octanol–water partition coefficient (Wildman–Crippen LogP) is 3.56. The molecule has 0 aliphatic carbocycles. The SMILES string of the molecule is Cc1cc(C(C)(C)N)ccc1C(C)NC(=O)Cn1cnc2cccc(F)c21. The van der Waals surface area contributed by atoms with E-state index in [0.717, 1.165) is 16.7 Å². The number of aromatic nitrogens is 2. The Balaban J connectivity index is 1.74. The largest absolute Gasteiger partial charge is 0.348 e. The molecule has 3 N–H and O–H groups in total. The number of para-hydroxylation sites is 1. The average Bonchev–Trinajstić information content (AvgIpc) is 2.98. The van der Waals surface area contributed by atoms with Gasteiger partial charge in [0.05, 0.1) is 17.9 Å². The van der Waals surface area contributed by atoms with Gasteiger partial charge in [0, 0.05) is 5.54 Å². The number of rotatable bonds is 5. The summed E-state index contributed by atoms with van der Waals surface area (Å²) in [7, 11) is 0. The van der Waals surface area contributed by atoms with Crippen molar-refractivity contribution in [1.29, 1.82) is 0 Å². The highest BCUT2D eigenvalue weighted by molar-refractivity contribution is 5.81. The van der Waals surface area contributed by atoms with Crippen LogP contribution in [0.4, 0.5) is 4.39 Å². The smallest absolute Gasteiger partial charge is 0.240 e. The normalized spacial score (nSPS) is 13.0. The second-order valence-corrected chi connectivity index (χ2v) is 7.56. The molecule has 0 bridgehead atoms. The Labute approximate surface area is 158 Å². The van der Waals surface area contributed by atoms with Crippen LogP contribution in [0.15, 0.2) is 42.7 Å². The number of halogens is 1. The minimum Gasteiger partial charge on any atom is -0.348 e. The molecule has 0 saturated carbocycles. The summed E-state index contributed by atoms with van der Waals surface area (Å²) in [6.45, 7) is 7.86. The molecule has 3 aromatic rings. The molecule has 1 aromatic heterocycles. The van der Waals surface area contributed by atoms with Gasteiger partial charge in [0.1, 0.15) is 17.9 Å². The lowest BCUT2D eigenvalue weighted by Crippen LogP contribution is -2.31. The summed E-state index contributed by atoms with van der Waals surface area (Å²) in [5.41, 5.74) is 9.75. The standard InChI is InChI=1S/C21H25FN4O/c1-13-10-15(21(3,4)23)8-9-16(13)14(2)25-19(27)11-26-12-24-18-7-5-6-17(22)20(18)26/h5-10,12,14H,11,23H2,1-4H3,(H,25,27). The Morgan fingerprint density at radius 3 is 2.74 bits per heavy atom. The molecule has 1 atom stereocenters. The summed E-state index contributed by atoms with van der Waals surface area (Å²) in [6.07, 6.45) is 1.49. The van der Waals surface area contributed by atoms with Crippen LogP contribution in [-0.2, 0) is 16.9 Å². The number of nitrogens with zero attached hydrogens (tertiary/aromatic N) is 2. The molecule has 2 aromatic carbocycles. The van der Waals surface area contributed by atoms with E-state index in [1.54, 1.807) is 12.1 Å². The van der Waals surface area contributed by atoms with Gasteiger partial charge >= 0.3 is 0 Å². The molecule has 0 fully saturated rings. The van der Waals surface area contributed by atoms with Crippen LogP contribution in [0.25, 0.3) is 11.0 Å². The molecule has 0 radical (unpaired) electrons. The minimum absolute atomic E-state index is 0.00867. The van der Waals surface area contributed by atoms with Crippen LogP contribution >= 0.6 is 0 Å². The summed E-state index contributed by atoms with van der Waals surface area (Å²) >= 11 is 0. The molecule has 1 amide bonds. The third-order valence-corrected chi connectivity index (χ3v) is 4.76. The molecule has 1 heterocycles. The zero-order valence-corrected chi connectivity index (χ0v) is 16.1. The average molecular weight is 368 g/mol. The molecule has 0 aliphatic heterocycles. The molecule has 142 valence electrons. The van der Waals surface area contributed by atoms with Gasteiger partial charge in [0.15, 0.2) is 0 Å². The van der Waals surface area contributed by atoms with Gasteiger partial charge in [0.25, 0.3) is 0 Å². The molecule has 0 spiro atoms. The van der Waals surface area contributed by atoms with Crippen LogP contribution in [0, 0.1) is 12.7 Å². The van der Waals surface area contributed by atoms with Crippen LogP contribution in [0.2, 0.25) is 0 Å². The topological polar surface area (TPSA) is 72.9 Å². The van der Waals surface area contributed by atoms with E-state index >= 15 is 0 Å². The van der Waals surface area contributed by atoms with Crippen molar-refractivity contribution in [3.05, 3.63) is 65.2 Å². The number of fused-ring (bicyclic) bond motifs is 1. The van der Waals surface area contributed by atoms with Crippen molar-refractivity contribution in [2.75, 3.05) is 0 Å². The number of carbonyl (C=O) groups is 1. The van der Waals surface area contributed by atoms with Gasteiger partial charge in [-0.25, -0.2) is 9.37 Å². The summed E-state index contributed by atoms with van der Waals surface area (Å²) in [6, 6.07) is 10.6. The van der Waals surface area contributed by atoms with Crippen molar-refractivity contribution in [1.82, 2.24) is 14.9 Å². The van der Waals surface area contributed by atoms with Gasteiger partial charge in [-0.3, -0.25) is 4.79 Å². The van der Waals surface area contributed by atoms with E-state index in [1.807, 2.05) is 39.8 Å². The molecular formula is C21H25FN4O. The van der Waals surface area contributed by atoms with Crippen molar-refractivity contribution >= 4 is 16.9 Å². The maximum absolute atomic E-state index is 14.0. The first-order valence-electron chi connectivity index (χ1n) is 8.95. The van der Waals surface area contributed by atoms with Crippen molar-refractivity contribution in [2.45, 2.75) is 45.8 Å². The van der Waals surface area contributed by atoms with Crippen LogP contribution in [0.5, 0.6) is 0 Å². The highest BCUT2D eigenvalue weighted by Crippen LogP contribution is 2.24. The van der Waals surface area contributed by atoms with E-state index in [-0.39, 0.29) is 24.3 Å². The van der Waals surface area contributed by atoms with Crippen molar-refractivity contribution < 1.29 is 9.18 Å². The number of nitrogens with one attached hydrogen (secondary N) is 1. The Hall–Kier alpha value is -2.73. The van der Waals surface area contributed by atoms with Crippen molar-refractivity contribution in [3.8, 4) is 0 Å². The lowest BCUT2D eigenvalue weighted by molar-refractivity contribution is -0.122. The van der Waals surface area contributed by atoms with Gasteiger partial charge in [-0.15, -0.1) is 0 Å². The van der Waals surface area contributed by atoms with E-state index in [0.29, 0.717) is 11.0 Å². The predicted molar refractivity (Wildman–Crippen MR) is 105 cm³/mol. The number of imidazole rings is 1. The molecule has 27 heavy (non-hydrogen) atoms. The number of carbonyl (C=O) groups excluding carboxylic acids is 1. The first kappa shape index (κ1) is 19.0. The third kappa shape index (κ3) is 4.01. The zero-order chi connectivity index (χ0) is 19.8. The van der Waals surface area contributed by atoms with E-state index < -0.39 is 5.54 Å². The second kappa shape index (κ2) is 7.12. The molecule has 0 aliphatic rings. The van der Waals surface area contributed by atoms with Gasteiger partial charge in [-0.05, 0) is 56.5 Å². The van der Waals surface area contributed by atoms with Crippen molar-refractivity contribution in [3.63, 3.8) is 0 Å². The van der Waals surface area contributed by atoms with Crippen LogP contribution in [0.1, 0.15) is 43.5 Å². The second-order valence-electron chi connectivity index (χ2n) is 7.56. The van der Waals surface area contributed by atoms with Gasteiger partial charge in [0.2, 0.25) is 5.91 Å². The molecule has 3 rings (SSSR count). The van der Waals surface area contributed by atoms with Crippen molar-refractivity contribution in [2.24, 2.45) is 5.73 Å². The summed E-state index contributed by atoms with van der Waals surface area (Å²) < 4.78 is 15.6. The van der Waals surface area contributed by atoms with Crippen LogP contribution in [0.3, 0.4) is 0 Å². The molecular weight excluding hydrogens is 343 g/mol. The fourth-order valence-corrected chi connectivity index (χ4v) is 3.28. The fourth-order valence-electron chi connectivity index (χ4n) is 3.28. The number of amides is 1. The van der Waals surface area contributed by atoms with E-state index in [2.05, 4.69) is 16.4 Å². The fraction of sp³-hybridized carbons (Fsp3) is 0.333. The monoisotopic (exact) mass is 368 g/mol. The number of hydrogen-bond donors (Lipinski definition) is 2. The van der Waals surface area contributed by atoms with Gasteiger partial charge in [-0.2, -0.15) is 0 Å². The molecule has 6 heteroatoms. The third-order valence-electron chi connectivity index (χ3n) is 4.76. The number of aryl methyl sites for hydroxylation is 1. The first-order chi connectivity index (χ1) is 12.7. The van der Waals surface area contributed by atoms with Crippen LogP contribution in [-0.4, -0.2) is 15.5 Å². The zero-order valence-electron chi connectivity index (χ0n) is 16.1. The summed E-state index contributed by atoms with van der Waals surface area (Å²) in [4.78, 5) is 16.6. The quantitative estimate of drug-likeness (QED) is 0.723. The Kier molecular flexibility index (Phi) is 5.02. The van der Waals surface area contributed by atoms with Gasteiger partial charge in [-0.1, -0.05) is 24.3 Å². The number of benzene rings is 2. The first-order valence-corrected chi connectivity index (χ1v) is 8.95. The highest BCUT2D eigenvalue weighted by Gasteiger charge is 2.18. The lowest BCUT2D eigenvalue weighted by atomic mass is 9.91. The molecule has 1 unspecified atom stereocenters. The van der Waals surface area contributed by atoms with E-state index in [4.69, 9.17) is 5.73 Å². The Morgan fingerprint density at radius 1 is 1.33 bits per heavy atom. The number of nitrogens with two attached hydrogens (primary N) is 1. The summed E-state index contributed by atoms with van der Waals surface area (Å²) in [5.74, 6) is -0.589. The maximum Gasteiger partial charge on any atom is 0.240 e. The van der Waals surface area contributed by atoms with E-state index in [9.17, 15) is 9.18 Å². The molecule has 0 saturated heterocycles. The highest BCUT2D eigenvalue weighted by atomic mass is 19.1. The Morgan fingerprint density at radius 2 is 2.07 bits per heavy atom. The Bertz CT molecular complexity index is 988. The van der Waals surface area contributed by atoms with E-state index in [1.165, 1.54) is 17.0 Å². The molecule has 5 nitrogen and oxygen atoms in total. The van der Waals surface area contributed by atoms with Gasteiger partial charge < -0.3 is 15.6 Å². The lowest BCUT2D eigenvalue weighted by Gasteiger charge is -2.23. The maximum atomic E-state index is 14.0.